The fourth-order valence-electron chi connectivity index (χ4n) is 1.56. The number of rotatable bonds is 3. The number of halogens is 1. The lowest BCUT2D eigenvalue weighted by molar-refractivity contribution is 0.101. The summed E-state index contributed by atoms with van der Waals surface area (Å²) in [6.07, 6.45) is 2.40. The van der Waals surface area contributed by atoms with Crippen LogP contribution >= 0.6 is 15.9 Å². The van der Waals surface area contributed by atoms with Gasteiger partial charge in [-0.15, -0.1) is 0 Å². The molecule has 2 aromatic heterocycles. The van der Waals surface area contributed by atoms with Gasteiger partial charge in [-0.25, -0.2) is 4.98 Å². The molecule has 94 valence electrons. The molecule has 0 aliphatic heterocycles. The van der Waals surface area contributed by atoms with Crippen molar-refractivity contribution in [3.63, 3.8) is 0 Å². The molecule has 0 unspecified atom stereocenters. The molecule has 5 nitrogen and oxygen atoms in total. The van der Waals surface area contributed by atoms with E-state index in [4.69, 9.17) is 0 Å². The monoisotopic (exact) mass is 308 g/mol. The SMILES string of the molecule is CCc1cc(C(=O)Nc2ccc(Br)nc2)n(C)n1. The van der Waals surface area contributed by atoms with Gasteiger partial charge in [-0.3, -0.25) is 9.48 Å². The molecule has 6 heteroatoms. The van der Waals surface area contributed by atoms with Crippen LogP contribution in [0.4, 0.5) is 5.69 Å². The highest BCUT2D eigenvalue weighted by Gasteiger charge is 2.12. The summed E-state index contributed by atoms with van der Waals surface area (Å²) in [5.74, 6) is -0.186. The minimum absolute atomic E-state index is 0.186. The average molecular weight is 309 g/mol. The van der Waals surface area contributed by atoms with E-state index in [1.165, 1.54) is 0 Å². The Morgan fingerprint density at radius 1 is 1.50 bits per heavy atom. The Morgan fingerprint density at radius 2 is 2.28 bits per heavy atom. The van der Waals surface area contributed by atoms with Crippen LogP contribution in [0, 0.1) is 0 Å². The molecule has 0 aromatic carbocycles. The molecule has 0 aliphatic carbocycles. The summed E-state index contributed by atoms with van der Waals surface area (Å²) in [6, 6.07) is 5.35. The van der Waals surface area contributed by atoms with Gasteiger partial charge >= 0.3 is 0 Å². The van der Waals surface area contributed by atoms with Gasteiger partial charge in [0, 0.05) is 7.05 Å². The van der Waals surface area contributed by atoms with Crippen molar-refractivity contribution in [2.45, 2.75) is 13.3 Å². The van der Waals surface area contributed by atoms with Crippen LogP contribution in [0.25, 0.3) is 0 Å². The predicted octanol–water partition coefficient (Wildman–Crippen LogP) is 2.39. The number of nitrogens with one attached hydrogen (secondary N) is 1. The molecule has 0 saturated carbocycles. The normalized spacial score (nSPS) is 10.4. The van der Waals surface area contributed by atoms with Crippen LogP contribution in [-0.2, 0) is 13.5 Å². The summed E-state index contributed by atoms with van der Waals surface area (Å²) >= 11 is 3.24. The Bertz CT molecular complexity index is 562. The van der Waals surface area contributed by atoms with Crippen LogP contribution in [0.5, 0.6) is 0 Å². The van der Waals surface area contributed by atoms with Crippen LogP contribution in [0.15, 0.2) is 29.0 Å². The summed E-state index contributed by atoms with van der Waals surface area (Å²) in [5.41, 5.74) is 2.09. The van der Waals surface area contributed by atoms with Crippen molar-refractivity contribution in [1.82, 2.24) is 14.8 Å². The van der Waals surface area contributed by atoms with E-state index in [-0.39, 0.29) is 5.91 Å². The summed E-state index contributed by atoms with van der Waals surface area (Å²) in [5, 5.41) is 7.02. The maximum Gasteiger partial charge on any atom is 0.273 e. The molecule has 2 rings (SSSR count). The van der Waals surface area contributed by atoms with Crippen molar-refractivity contribution in [1.29, 1.82) is 0 Å². The Labute approximate surface area is 113 Å². The second-order valence-electron chi connectivity index (χ2n) is 3.82. The quantitative estimate of drug-likeness (QED) is 0.886. The molecule has 2 heterocycles. The van der Waals surface area contributed by atoms with Crippen molar-refractivity contribution in [2.75, 3.05) is 5.32 Å². The second-order valence-corrected chi connectivity index (χ2v) is 4.63. The summed E-state index contributed by atoms with van der Waals surface area (Å²) in [7, 11) is 1.76. The molecule has 1 amide bonds. The Morgan fingerprint density at radius 3 is 2.83 bits per heavy atom. The van der Waals surface area contributed by atoms with Gasteiger partial charge in [0.05, 0.1) is 17.6 Å². The molecule has 18 heavy (non-hydrogen) atoms. The van der Waals surface area contributed by atoms with Gasteiger partial charge < -0.3 is 5.32 Å². The van der Waals surface area contributed by atoms with Crippen LogP contribution in [0.2, 0.25) is 0 Å². The third-order valence-corrected chi connectivity index (χ3v) is 2.98. The molecule has 0 spiro atoms. The summed E-state index contributed by atoms with van der Waals surface area (Å²) in [6.45, 7) is 2.00. The molecule has 1 N–H and O–H groups in total. The molecule has 0 aliphatic rings. The number of pyridine rings is 1. The molecule has 0 bridgehead atoms. The number of carbonyl (C=O) groups is 1. The third-order valence-electron chi connectivity index (χ3n) is 2.51. The van der Waals surface area contributed by atoms with Crippen LogP contribution in [0.3, 0.4) is 0 Å². The first-order chi connectivity index (χ1) is 8.60. The molecule has 0 radical (unpaired) electrons. The Hall–Kier alpha value is -1.69. The Balaban J connectivity index is 2.16. The fourth-order valence-corrected chi connectivity index (χ4v) is 1.79. The van der Waals surface area contributed by atoms with E-state index >= 15 is 0 Å². The number of carbonyl (C=O) groups excluding carboxylic acids is 1. The number of hydrogen-bond donors (Lipinski definition) is 1. The minimum atomic E-state index is -0.186. The number of aromatic nitrogens is 3. The maximum absolute atomic E-state index is 12.0. The number of anilines is 1. The molecule has 0 saturated heterocycles. The highest BCUT2D eigenvalue weighted by atomic mass is 79.9. The van der Waals surface area contributed by atoms with Crippen molar-refractivity contribution >= 4 is 27.5 Å². The first kappa shape index (κ1) is 12.8. The lowest BCUT2D eigenvalue weighted by Gasteiger charge is -2.04. The zero-order chi connectivity index (χ0) is 13.1. The number of aryl methyl sites for hydroxylation is 2. The van der Waals surface area contributed by atoms with Gasteiger partial charge in [-0.2, -0.15) is 5.10 Å². The highest BCUT2D eigenvalue weighted by molar-refractivity contribution is 9.10. The number of nitrogens with zero attached hydrogens (tertiary/aromatic N) is 3. The lowest BCUT2D eigenvalue weighted by Crippen LogP contribution is -2.16. The second kappa shape index (κ2) is 5.30. The third kappa shape index (κ3) is 2.76. The highest BCUT2D eigenvalue weighted by Crippen LogP contribution is 2.12. The van der Waals surface area contributed by atoms with Gasteiger partial charge in [-0.1, -0.05) is 6.92 Å². The van der Waals surface area contributed by atoms with Gasteiger partial charge in [0.15, 0.2) is 0 Å². The average Bonchev–Trinajstić information content (AvgIpc) is 2.73. The largest absolute Gasteiger partial charge is 0.319 e. The first-order valence-corrected chi connectivity index (χ1v) is 6.35. The van der Waals surface area contributed by atoms with E-state index in [1.807, 2.05) is 6.92 Å². The van der Waals surface area contributed by atoms with Crippen LogP contribution < -0.4 is 5.32 Å². The number of hydrogen-bond acceptors (Lipinski definition) is 3. The predicted molar refractivity (Wildman–Crippen MR) is 72.5 cm³/mol. The van der Waals surface area contributed by atoms with E-state index in [2.05, 4.69) is 31.3 Å². The van der Waals surface area contributed by atoms with Gasteiger partial charge in [0.25, 0.3) is 5.91 Å². The van der Waals surface area contributed by atoms with Crippen LogP contribution in [0.1, 0.15) is 23.1 Å². The van der Waals surface area contributed by atoms with Gasteiger partial charge in [0.1, 0.15) is 10.3 Å². The fraction of sp³-hybridized carbons (Fsp3) is 0.250. The first-order valence-electron chi connectivity index (χ1n) is 5.56. The zero-order valence-electron chi connectivity index (χ0n) is 10.1. The molecule has 0 fully saturated rings. The van der Waals surface area contributed by atoms with Gasteiger partial charge in [0.2, 0.25) is 0 Å². The van der Waals surface area contributed by atoms with Gasteiger partial charge in [-0.05, 0) is 40.5 Å². The van der Waals surface area contributed by atoms with Crippen LogP contribution in [-0.4, -0.2) is 20.7 Å². The number of amides is 1. The summed E-state index contributed by atoms with van der Waals surface area (Å²) < 4.78 is 2.31. The van der Waals surface area contributed by atoms with E-state index in [9.17, 15) is 4.79 Å². The topological polar surface area (TPSA) is 59.8 Å². The van der Waals surface area contributed by atoms with E-state index in [0.717, 1.165) is 16.7 Å². The lowest BCUT2D eigenvalue weighted by atomic mass is 10.3. The molecule has 0 atom stereocenters. The smallest absolute Gasteiger partial charge is 0.273 e. The van der Waals surface area contributed by atoms with Crippen molar-refractivity contribution < 1.29 is 4.79 Å². The minimum Gasteiger partial charge on any atom is -0.319 e. The molecule has 2 aromatic rings. The standard InChI is InChI=1S/C12H13BrN4O/c1-3-8-6-10(17(2)16-8)12(18)15-9-4-5-11(13)14-7-9/h4-7H,3H2,1-2H3,(H,15,18). The van der Waals surface area contributed by atoms with Crippen molar-refractivity contribution in [3.05, 3.63) is 40.4 Å². The zero-order valence-corrected chi connectivity index (χ0v) is 11.7. The Kier molecular flexibility index (Phi) is 3.76. The maximum atomic E-state index is 12.0. The van der Waals surface area contributed by atoms with Crippen molar-refractivity contribution in [2.24, 2.45) is 7.05 Å². The molecular weight excluding hydrogens is 296 g/mol. The van der Waals surface area contributed by atoms with Crippen molar-refractivity contribution in [3.8, 4) is 0 Å². The van der Waals surface area contributed by atoms with E-state index in [1.54, 1.807) is 36.1 Å². The van der Waals surface area contributed by atoms with E-state index < -0.39 is 0 Å². The van der Waals surface area contributed by atoms with E-state index in [0.29, 0.717) is 11.4 Å². The summed E-state index contributed by atoms with van der Waals surface area (Å²) in [4.78, 5) is 16.1. The molecular formula is C12H13BrN4O.